The zero-order valence-electron chi connectivity index (χ0n) is 27.2. The topological polar surface area (TPSA) is 34.6 Å². The molecule has 0 atom stereocenters. The van der Waals surface area contributed by atoms with Crippen LogP contribution in [0.3, 0.4) is 0 Å². The molecule has 2 aromatic heterocycles. The van der Waals surface area contributed by atoms with E-state index in [-0.39, 0.29) is 0 Å². The van der Waals surface area contributed by atoms with Crippen LogP contribution >= 0.6 is 28.8 Å². The molecule has 4 aliphatic rings. The molecule has 7 heteroatoms. The number of rotatable bonds is 4. The Balaban J connectivity index is 1.48. The Hall–Kier alpha value is -5.51. The number of hydrogen-bond donors (Lipinski definition) is 0. The molecule has 0 saturated carbocycles. The molecule has 4 aliphatic heterocycles. The van der Waals surface area contributed by atoms with Gasteiger partial charge in [0, 0.05) is 22.3 Å². The van der Waals surface area contributed by atoms with Crippen molar-refractivity contribution in [1.29, 1.82) is 0 Å². The second-order valence-corrected chi connectivity index (χ2v) is 17.7. The number of fused-ring (bicyclic) bond motifs is 2. The fourth-order valence-electron chi connectivity index (χ4n) is 7.63. The molecule has 6 heterocycles. The highest BCUT2D eigenvalue weighted by molar-refractivity contribution is 8.15. The van der Waals surface area contributed by atoms with Crippen molar-refractivity contribution in [2.75, 3.05) is 0 Å². The predicted molar refractivity (Wildman–Crippen MR) is 214 cm³/mol. The first-order chi connectivity index (χ1) is 25.1. The minimum Gasteiger partial charge on any atom is -0.248 e. The van der Waals surface area contributed by atoms with Gasteiger partial charge in [0.25, 0.3) is 0 Å². The smallest absolute Gasteiger partial charge is 0.248 e. The molecule has 0 N–H and O–H groups in total. The van der Waals surface area contributed by atoms with Gasteiger partial charge in [-0.2, -0.15) is 8.68 Å². The van der Waals surface area contributed by atoms with E-state index in [1.807, 2.05) is 24.3 Å². The Morgan fingerprint density at radius 1 is 0.373 bits per heavy atom. The Kier molecular flexibility index (Phi) is 7.01. The number of hydrogen-bond acceptors (Lipinski definition) is 2. The highest BCUT2D eigenvalue weighted by atomic mass is 35.9. The molecule has 6 bridgehead atoms. The number of aliphatic imine (C=N–C) groups is 2. The summed E-state index contributed by atoms with van der Waals surface area (Å²) in [6.45, 7) is 0. The van der Waals surface area contributed by atoms with Gasteiger partial charge in [0.2, 0.25) is 0 Å². The lowest BCUT2D eigenvalue weighted by Crippen LogP contribution is -2.33. The average Bonchev–Trinajstić information content (AvgIpc) is 4.00. The third kappa shape index (κ3) is 4.72. The normalized spacial score (nSPS) is 16.8. The van der Waals surface area contributed by atoms with Crippen LogP contribution in [0.5, 0.6) is 0 Å². The summed E-state index contributed by atoms with van der Waals surface area (Å²) in [4.78, 5) is 10.8. The maximum absolute atomic E-state index is 8.22. The van der Waals surface area contributed by atoms with Crippen LogP contribution in [0.25, 0.3) is 22.3 Å². The van der Waals surface area contributed by atoms with Crippen molar-refractivity contribution in [2.45, 2.75) is 0 Å². The van der Waals surface area contributed by atoms with Gasteiger partial charge in [0.05, 0.1) is 44.9 Å². The van der Waals surface area contributed by atoms with Gasteiger partial charge in [-0.15, -0.1) is 0 Å². The molecule has 0 radical (unpaired) electrons. The lowest BCUT2D eigenvalue weighted by Gasteiger charge is -2.24. The lowest BCUT2D eigenvalue weighted by molar-refractivity contribution is 1.06. The SMILES string of the molecule is Cl[P+]1(Cl)n2c3ccc2C(c2ccccc2)=C2C=CC(=N2)C(c2ccccc2)=c2ccc(n21)=C(c1ccccc1)C1=NC(=C3c2ccccc2)C=C1. The Bertz CT molecular complexity index is 2550. The molecule has 10 rings (SSSR count). The molecule has 242 valence electrons. The first-order valence-corrected chi connectivity index (χ1v) is 20.3. The van der Waals surface area contributed by atoms with Crippen LogP contribution in [0.15, 0.2) is 191 Å². The molecule has 4 nitrogen and oxygen atoms in total. The van der Waals surface area contributed by atoms with E-state index in [1.165, 1.54) is 0 Å². The summed E-state index contributed by atoms with van der Waals surface area (Å²) in [7, 11) is 0. The highest BCUT2D eigenvalue weighted by Gasteiger charge is 2.48. The maximum atomic E-state index is 8.22. The van der Waals surface area contributed by atoms with Crippen LogP contribution in [0.4, 0.5) is 0 Å². The quantitative estimate of drug-likeness (QED) is 0.163. The minimum atomic E-state index is -3.41. The van der Waals surface area contributed by atoms with Crippen LogP contribution in [-0.2, 0) is 0 Å². The summed E-state index contributed by atoms with van der Waals surface area (Å²) >= 11 is 16.4. The van der Waals surface area contributed by atoms with Gasteiger partial charge >= 0.3 is 6.27 Å². The molecule has 0 amide bonds. The fourth-order valence-corrected chi connectivity index (χ4v) is 11.5. The van der Waals surface area contributed by atoms with Crippen LogP contribution in [0.1, 0.15) is 33.6 Å². The molecular formula is C44H28Cl2N4P+. The van der Waals surface area contributed by atoms with E-state index in [4.69, 9.17) is 32.5 Å². The van der Waals surface area contributed by atoms with Gasteiger partial charge in [0.1, 0.15) is 0 Å². The summed E-state index contributed by atoms with van der Waals surface area (Å²) in [5.74, 6) is 0. The molecule has 0 spiro atoms. The summed E-state index contributed by atoms with van der Waals surface area (Å²) in [6, 6.07) is 50.2. The third-order valence-corrected chi connectivity index (χ3v) is 13.4. The van der Waals surface area contributed by atoms with Crippen molar-refractivity contribution in [1.82, 2.24) is 8.68 Å². The monoisotopic (exact) mass is 713 g/mol. The minimum absolute atomic E-state index is 0.850. The van der Waals surface area contributed by atoms with Crippen LogP contribution in [0, 0.1) is 0 Å². The summed E-state index contributed by atoms with van der Waals surface area (Å²) in [5.41, 5.74) is 13.1. The van der Waals surface area contributed by atoms with Crippen molar-refractivity contribution in [3.8, 4) is 0 Å². The van der Waals surface area contributed by atoms with Gasteiger partial charge in [-0.05, 0) is 70.8 Å². The Labute approximate surface area is 305 Å². The molecule has 0 saturated heterocycles. The van der Waals surface area contributed by atoms with Gasteiger partial charge in [-0.1, -0.05) is 121 Å². The van der Waals surface area contributed by atoms with E-state index >= 15 is 0 Å². The molecular weight excluding hydrogens is 686 g/mol. The average molecular weight is 715 g/mol. The van der Waals surface area contributed by atoms with Crippen molar-refractivity contribution < 1.29 is 0 Å². The van der Waals surface area contributed by atoms with E-state index in [1.54, 1.807) is 0 Å². The molecule has 4 aromatic carbocycles. The van der Waals surface area contributed by atoms with E-state index in [9.17, 15) is 0 Å². The predicted octanol–water partition coefficient (Wildman–Crippen LogP) is 9.81. The number of halogens is 2. The Morgan fingerprint density at radius 3 is 1.10 bits per heavy atom. The van der Waals surface area contributed by atoms with Gasteiger partial charge in [-0.3, -0.25) is 0 Å². The molecule has 0 unspecified atom stereocenters. The lowest BCUT2D eigenvalue weighted by atomic mass is 10.0. The standard InChI is InChI=1S/C44H28Cl2N4P/c45-51(46)49-37-25-26-38(49)43(31-17-9-3-10-18-31)35-23-24-36(48-35)44(32-19-11-4-12-20-32)40-28-27-39(50(40)51)42(30-15-7-2-8-16-30)34-22-21-33(47-34)41(37)29-13-5-1-6-14-29/h1-28H/q+1. The second-order valence-electron chi connectivity index (χ2n) is 12.7. The number of aromatic nitrogens is 2. The molecule has 0 aliphatic carbocycles. The third-order valence-electron chi connectivity index (χ3n) is 9.77. The second kappa shape index (κ2) is 11.8. The van der Waals surface area contributed by atoms with E-state index in [0.29, 0.717) is 0 Å². The van der Waals surface area contributed by atoms with Crippen molar-refractivity contribution in [2.24, 2.45) is 9.98 Å². The van der Waals surface area contributed by atoms with Crippen LogP contribution in [0.2, 0.25) is 0 Å². The van der Waals surface area contributed by atoms with E-state index < -0.39 is 6.27 Å². The summed E-state index contributed by atoms with van der Waals surface area (Å²) in [6.07, 6.45) is 5.06. The highest BCUT2D eigenvalue weighted by Crippen LogP contribution is 2.72. The molecule has 0 fully saturated rings. The molecule has 6 aromatic rings. The first-order valence-electron chi connectivity index (χ1n) is 16.8. The van der Waals surface area contributed by atoms with Gasteiger partial charge in [0.15, 0.2) is 22.5 Å². The zero-order valence-corrected chi connectivity index (χ0v) is 29.6. The largest absolute Gasteiger partial charge is 0.409 e. The first kappa shape index (κ1) is 30.3. The van der Waals surface area contributed by atoms with Crippen molar-refractivity contribution in [3.63, 3.8) is 0 Å². The van der Waals surface area contributed by atoms with E-state index in [0.717, 1.165) is 89.4 Å². The summed E-state index contributed by atoms with van der Waals surface area (Å²) in [5, 5.41) is 1.77. The van der Waals surface area contributed by atoms with E-state index in [2.05, 4.69) is 154 Å². The fraction of sp³-hybridized carbons (Fsp3) is 0. The van der Waals surface area contributed by atoms with Gasteiger partial charge < -0.3 is 0 Å². The van der Waals surface area contributed by atoms with Gasteiger partial charge in [-0.25, -0.2) is 9.98 Å². The van der Waals surface area contributed by atoms with Crippen LogP contribution in [-0.4, -0.2) is 20.1 Å². The maximum Gasteiger partial charge on any atom is 0.409 e. The number of benzene rings is 4. The van der Waals surface area contributed by atoms with Crippen molar-refractivity contribution in [3.05, 3.63) is 226 Å². The number of nitrogens with zero attached hydrogens (tertiary/aromatic N) is 4. The summed E-state index contributed by atoms with van der Waals surface area (Å²) < 4.78 is 4.36. The number of allylic oxidation sites excluding steroid dienone is 4. The Morgan fingerprint density at radius 2 is 0.725 bits per heavy atom. The molecule has 51 heavy (non-hydrogen) atoms. The van der Waals surface area contributed by atoms with Crippen LogP contribution < -0.4 is 10.7 Å². The van der Waals surface area contributed by atoms with Crippen molar-refractivity contribution >= 4 is 62.5 Å². The zero-order chi connectivity index (χ0) is 34.1.